The zero-order chi connectivity index (χ0) is 14.4. The van der Waals surface area contributed by atoms with Gasteiger partial charge in [0.1, 0.15) is 0 Å². The van der Waals surface area contributed by atoms with E-state index >= 15 is 0 Å². The summed E-state index contributed by atoms with van der Waals surface area (Å²) in [4.78, 5) is 7.89. The number of thiophene rings is 1. The monoisotopic (exact) mass is 316 g/mol. The summed E-state index contributed by atoms with van der Waals surface area (Å²) in [6, 6.07) is 8.47. The van der Waals surface area contributed by atoms with Gasteiger partial charge in [-0.15, -0.1) is 11.3 Å². The fourth-order valence-electron chi connectivity index (χ4n) is 2.85. The van der Waals surface area contributed by atoms with Gasteiger partial charge in [0.25, 0.3) is 0 Å². The van der Waals surface area contributed by atoms with Crippen LogP contribution in [0.4, 0.5) is 0 Å². The van der Waals surface area contributed by atoms with Crippen molar-refractivity contribution in [3.63, 3.8) is 0 Å². The molecule has 108 valence electrons. The second-order valence-electron chi connectivity index (χ2n) is 5.20. The number of aliphatic imine (C=N–C) groups is 1. The second kappa shape index (κ2) is 5.16. The molecule has 1 N–H and O–H groups in total. The normalized spacial score (nSPS) is 19.3. The maximum absolute atomic E-state index is 10.4. The first-order chi connectivity index (χ1) is 10.3. The van der Waals surface area contributed by atoms with Crippen LogP contribution in [0.25, 0.3) is 15.8 Å². The molecule has 0 bridgehead atoms. The molecule has 3 nitrogen and oxygen atoms in total. The number of benzene rings is 1. The number of aliphatic hydroxyl groups excluding tert-OH is 1. The first-order valence-electron chi connectivity index (χ1n) is 7.18. The third-order valence-electron chi connectivity index (χ3n) is 3.93. The van der Waals surface area contributed by atoms with Crippen molar-refractivity contribution in [2.45, 2.75) is 19.4 Å². The molecule has 2 aliphatic heterocycles. The van der Waals surface area contributed by atoms with Crippen LogP contribution < -0.4 is 0 Å². The molecular formula is C16H16N2OS2. The van der Waals surface area contributed by atoms with E-state index in [1.165, 1.54) is 21.3 Å². The summed E-state index contributed by atoms with van der Waals surface area (Å²) in [5.41, 5.74) is 2.40. The van der Waals surface area contributed by atoms with Gasteiger partial charge < -0.3 is 10.0 Å². The number of rotatable bonds is 3. The Balaban J connectivity index is 1.92. The first-order valence-corrected chi connectivity index (χ1v) is 8.88. The average Bonchev–Trinajstić information content (AvgIpc) is 3.19. The van der Waals surface area contributed by atoms with Crippen LogP contribution in [0.5, 0.6) is 0 Å². The number of hydrogen-bond acceptors (Lipinski definition) is 5. The van der Waals surface area contributed by atoms with Gasteiger partial charge in [0.15, 0.2) is 5.17 Å². The predicted molar refractivity (Wildman–Crippen MR) is 91.6 cm³/mol. The third-order valence-corrected chi connectivity index (χ3v) is 6.11. The summed E-state index contributed by atoms with van der Waals surface area (Å²) in [7, 11) is 0. The van der Waals surface area contributed by atoms with Gasteiger partial charge in [0.05, 0.1) is 18.3 Å². The SMILES string of the molecule is CCC(O)C1=C(c2csc3ccccc23)N2CCN=C2S1. The topological polar surface area (TPSA) is 35.8 Å². The summed E-state index contributed by atoms with van der Waals surface area (Å²) in [5, 5.41) is 14.9. The Morgan fingerprint density at radius 3 is 3.10 bits per heavy atom. The van der Waals surface area contributed by atoms with E-state index in [1.807, 2.05) is 6.92 Å². The highest BCUT2D eigenvalue weighted by Crippen LogP contribution is 2.46. The lowest BCUT2D eigenvalue weighted by molar-refractivity contribution is 0.215. The smallest absolute Gasteiger partial charge is 0.168 e. The van der Waals surface area contributed by atoms with E-state index in [2.05, 4.69) is 39.5 Å². The van der Waals surface area contributed by atoms with E-state index in [0.717, 1.165) is 29.6 Å². The maximum Gasteiger partial charge on any atom is 0.168 e. The average molecular weight is 316 g/mol. The molecule has 0 spiro atoms. The zero-order valence-electron chi connectivity index (χ0n) is 11.7. The molecule has 5 heteroatoms. The summed E-state index contributed by atoms with van der Waals surface area (Å²) >= 11 is 3.40. The minimum Gasteiger partial charge on any atom is -0.388 e. The predicted octanol–water partition coefficient (Wildman–Crippen LogP) is 3.76. The van der Waals surface area contributed by atoms with Crippen LogP contribution in [0.2, 0.25) is 0 Å². The zero-order valence-corrected chi connectivity index (χ0v) is 13.4. The molecule has 2 aromatic rings. The largest absolute Gasteiger partial charge is 0.388 e. The van der Waals surface area contributed by atoms with Crippen molar-refractivity contribution >= 4 is 44.0 Å². The van der Waals surface area contributed by atoms with E-state index in [1.54, 1.807) is 23.1 Å². The lowest BCUT2D eigenvalue weighted by Gasteiger charge is -2.18. The van der Waals surface area contributed by atoms with Crippen molar-refractivity contribution in [3.05, 3.63) is 40.1 Å². The molecule has 2 aliphatic rings. The molecule has 1 atom stereocenters. The summed E-state index contributed by atoms with van der Waals surface area (Å²) < 4.78 is 1.29. The molecule has 0 saturated carbocycles. The van der Waals surface area contributed by atoms with Gasteiger partial charge in [-0.25, -0.2) is 0 Å². The van der Waals surface area contributed by atoms with Crippen molar-refractivity contribution in [1.82, 2.24) is 4.90 Å². The highest BCUT2D eigenvalue weighted by molar-refractivity contribution is 8.17. The van der Waals surface area contributed by atoms with E-state index in [-0.39, 0.29) is 0 Å². The van der Waals surface area contributed by atoms with Crippen molar-refractivity contribution in [3.8, 4) is 0 Å². The maximum atomic E-state index is 10.4. The number of aliphatic hydroxyl groups is 1. The molecule has 0 aliphatic carbocycles. The van der Waals surface area contributed by atoms with Crippen molar-refractivity contribution in [1.29, 1.82) is 0 Å². The van der Waals surface area contributed by atoms with Gasteiger partial charge in [-0.05, 0) is 12.5 Å². The van der Waals surface area contributed by atoms with Crippen LogP contribution in [-0.4, -0.2) is 34.4 Å². The number of amidine groups is 1. The Bertz CT molecular complexity index is 762. The Morgan fingerprint density at radius 1 is 1.38 bits per heavy atom. The number of nitrogens with zero attached hydrogens (tertiary/aromatic N) is 2. The number of thioether (sulfide) groups is 1. The van der Waals surface area contributed by atoms with E-state index in [0.29, 0.717) is 0 Å². The fraction of sp³-hybridized carbons (Fsp3) is 0.312. The van der Waals surface area contributed by atoms with Gasteiger partial charge in [0, 0.05) is 32.5 Å². The van der Waals surface area contributed by atoms with E-state index in [9.17, 15) is 5.11 Å². The molecule has 4 rings (SSSR count). The summed E-state index contributed by atoms with van der Waals surface area (Å²) in [6.07, 6.45) is 0.326. The van der Waals surface area contributed by atoms with Crippen LogP contribution in [0.3, 0.4) is 0 Å². The summed E-state index contributed by atoms with van der Waals surface area (Å²) in [5.74, 6) is 0. The molecule has 0 amide bonds. The molecular weight excluding hydrogens is 300 g/mol. The van der Waals surface area contributed by atoms with Crippen molar-refractivity contribution in [2.75, 3.05) is 13.1 Å². The molecule has 0 fully saturated rings. The summed E-state index contributed by atoms with van der Waals surface area (Å²) in [6.45, 7) is 3.79. The molecule has 0 saturated heterocycles. The Hall–Kier alpha value is -1.30. The standard InChI is InChI=1S/C16H16N2OS2/c1-2-12(19)15-14(18-8-7-17-16(18)21-15)11-9-20-13-6-4-3-5-10(11)13/h3-6,9,12,19H,2,7-8H2,1H3. The van der Waals surface area contributed by atoms with E-state index < -0.39 is 6.10 Å². The molecule has 0 radical (unpaired) electrons. The minimum atomic E-state index is -0.406. The third kappa shape index (κ3) is 2.03. The molecule has 3 heterocycles. The van der Waals surface area contributed by atoms with Crippen LogP contribution in [0, 0.1) is 0 Å². The molecule has 1 unspecified atom stereocenters. The minimum absolute atomic E-state index is 0.406. The first kappa shape index (κ1) is 13.4. The van der Waals surface area contributed by atoms with Gasteiger partial charge in [-0.3, -0.25) is 4.99 Å². The lowest BCUT2D eigenvalue weighted by atomic mass is 10.1. The van der Waals surface area contributed by atoms with Gasteiger partial charge in [0.2, 0.25) is 0 Å². The van der Waals surface area contributed by atoms with Crippen molar-refractivity contribution in [2.24, 2.45) is 4.99 Å². The molecule has 21 heavy (non-hydrogen) atoms. The Morgan fingerprint density at radius 2 is 2.24 bits per heavy atom. The Kier molecular flexibility index (Phi) is 3.28. The Labute approximate surface area is 132 Å². The highest BCUT2D eigenvalue weighted by atomic mass is 32.2. The number of fused-ring (bicyclic) bond motifs is 2. The lowest BCUT2D eigenvalue weighted by Crippen LogP contribution is -2.20. The fourth-order valence-corrected chi connectivity index (χ4v) is 5.06. The molecule has 1 aromatic heterocycles. The van der Waals surface area contributed by atoms with Crippen LogP contribution in [0.1, 0.15) is 18.9 Å². The van der Waals surface area contributed by atoms with Crippen LogP contribution in [0.15, 0.2) is 39.5 Å². The van der Waals surface area contributed by atoms with E-state index in [4.69, 9.17) is 0 Å². The second-order valence-corrected chi connectivity index (χ2v) is 7.12. The van der Waals surface area contributed by atoms with Crippen molar-refractivity contribution < 1.29 is 5.11 Å². The van der Waals surface area contributed by atoms with Gasteiger partial charge >= 0.3 is 0 Å². The van der Waals surface area contributed by atoms with Crippen LogP contribution in [-0.2, 0) is 0 Å². The van der Waals surface area contributed by atoms with Crippen LogP contribution >= 0.6 is 23.1 Å². The number of hydrogen-bond donors (Lipinski definition) is 1. The van der Waals surface area contributed by atoms with Gasteiger partial charge in [-0.2, -0.15) is 0 Å². The molecule has 1 aromatic carbocycles. The quantitative estimate of drug-likeness (QED) is 0.936. The van der Waals surface area contributed by atoms with Gasteiger partial charge in [-0.1, -0.05) is 36.9 Å². The highest BCUT2D eigenvalue weighted by Gasteiger charge is 2.36.